The van der Waals surface area contributed by atoms with Gasteiger partial charge in [0.2, 0.25) is 0 Å². The summed E-state index contributed by atoms with van der Waals surface area (Å²) >= 11 is 1.84. The molecule has 2 nitrogen and oxygen atoms in total. The molecule has 0 aliphatic carbocycles. The predicted octanol–water partition coefficient (Wildman–Crippen LogP) is 3.92. The molecule has 2 rings (SSSR count). The predicted molar refractivity (Wildman–Crippen MR) is 77.3 cm³/mol. The first-order valence-electron chi connectivity index (χ1n) is 6.12. The molecule has 2 aromatic rings. The van der Waals surface area contributed by atoms with Gasteiger partial charge in [0.05, 0.1) is 7.11 Å². The third-order valence-corrected chi connectivity index (χ3v) is 3.98. The highest BCUT2D eigenvalue weighted by atomic mass is 32.1. The molecular formula is C15H19NOS. The Morgan fingerprint density at radius 2 is 2.00 bits per heavy atom. The lowest BCUT2D eigenvalue weighted by Gasteiger charge is -2.16. The minimum atomic E-state index is 0.281. The molecule has 0 radical (unpaired) electrons. The Hall–Kier alpha value is -1.32. The quantitative estimate of drug-likeness (QED) is 0.881. The zero-order chi connectivity index (χ0) is 13.0. The highest BCUT2D eigenvalue weighted by molar-refractivity contribution is 7.11. The van der Waals surface area contributed by atoms with Crippen LogP contribution in [0.5, 0.6) is 5.75 Å². The second-order valence-corrected chi connectivity index (χ2v) is 5.73. The highest BCUT2D eigenvalue weighted by Gasteiger charge is 2.10. The van der Waals surface area contributed by atoms with Crippen LogP contribution in [0.1, 0.15) is 28.3 Å². The maximum absolute atomic E-state index is 5.39. The molecular weight excluding hydrogens is 242 g/mol. The van der Waals surface area contributed by atoms with Gasteiger partial charge in [0.1, 0.15) is 5.75 Å². The number of nitrogens with one attached hydrogen (secondary N) is 1. The van der Waals surface area contributed by atoms with Crippen LogP contribution in [-0.2, 0) is 6.54 Å². The Balaban J connectivity index is 2.01. The van der Waals surface area contributed by atoms with Crippen molar-refractivity contribution < 1.29 is 4.74 Å². The molecule has 0 fully saturated rings. The van der Waals surface area contributed by atoms with E-state index in [4.69, 9.17) is 4.74 Å². The van der Waals surface area contributed by atoms with Crippen molar-refractivity contribution in [1.29, 1.82) is 0 Å². The first-order chi connectivity index (χ1) is 8.70. The van der Waals surface area contributed by atoms with E-state index in [1.54, 1.807) is 7.11 Å². The standard InChI is InChI=1S/C15H19NOS/c1-11-8-9-13(18-11)10-16-12(2)14-6-4-5-7-15(14)17-3/h4-9,12,16H,10H2,1-3H3. The first-order valence-corrected chi connectivity index (χ1v) is 6.94. The summed E-state index contributed by atoms with van der Waals surface area (Å²) in [5.74, 6) is 0.944. The number of ether oxygens (including phenoxy) is 1. The van der Waals surface area contributed by atoms with Crippen LogP contribution in [0.25, 0.3) is 0 Å². The van der Waals surface area contributed by atoms with Crippen LogP contribution < -0.4 is 10.1 Å². The van der Waals surface area contributed by atoms with Crippen molar-refractivity contribution in [2.45, 2.75) is 26.4 Å². The van der Waals surface area contributed by atoms with Crippen LogP contribution in [0, 0.1) is 6.92 Å². The second kappa shape index (κ2) is 6.03. The van der Waals surface area contributed by atoms with Crippen molar-refractivity contribution in [2.24, 2.45) is 0 Å². The third-order valence-electron chi connectivity index (χ3n) is 2.98. The Kier molecular flexibility index (Phi) is 4.39. The molecule has 1 heterocycles. The van der Waals surface area contributed by atoms with Crippen LogP contribution in [-0.4, -0.2) is 7.11 Å². The molecule has 96 valence electrons. The maximum Gasteiger partial charge on any atom is 0.123 e. The van der Waals surface area contributed by atoms with Crippen LogP contribution >= 0.6 is 11.3 Å². The third kappa shape index (κ3) is 3.12. The SMILES string of the molecule is COc1ccccc1C(C)NCc1ccc(C)s1. The Morgan fingerprint density at radius 1 is 1.22 bits per heavy atom. The van der Waals surface area contributed by atoms with Crippen molar-refractivity contribution in [3.05, 3.63) is 51.7 Å². The van der Waals surface area contributed by atoms with Crippen molar-refractivity contribution in [2.75, 3.05) is 7.11 Å². The molecule has 3 heteroatoms. The van der Waals surface area contributed by atoms with Crippen LogP contribution in [0.3, 0.4) is 0 Å². The lowest BCUT2D eigenvalue weighted by atomic mass is 10.1. The summed E-state index contributed by atoms with van der Waals surface area (Å²) in [4.78, 5) is 2.73. The van der Waals surface area contributed by atoms with Gasteiger partial charge in [0.15, 0.2) is 0 Å². The van der Waals surface area contributed by atoms with Gasteiger partial charge in [-0.15, -0.1) is 11.3 Å². The molecule has 1 aromatic carbocycles. The fourth-order valence-electron chi connectivity index (χ4n) is 1.97. The zero-order valence-corrected chi connectivity index (χ0v) is 11.9. The zero-order valence-electron chi connectivity index (χ0n) is 11.1. The summed E-state index contributed by atoms with van der Waals surface area (Å²) in [6, 6.07) is 12.8. The Morgan fingerprint density at radius 3 is 2.67 bits per heavy atom. The van der Waals surface area contributed by atoms with E-state index >= 15 is 0 Å². The van der Waals surface area contributed by atoms with E-state index in [9.17, 15) is 0 Å². The molecule has 0 aliphatic rings. The van der Waals surface area contributed by atoms with Gasteiger partial charge in [0.25, 0.3) is 0 Å². The van der Waals surface area contributed by atoms with E-state index in [-0.39, 0.29) is 6.04 Å². The van der Waals surface area contributed by atoms with Crippen LogP contribution in [0.15, 0.2) is 36.4 Å². The van der Waals surface area contributed by atoms with Crippen LogP contribution in [0.2, 0.25) is 0 Å². The fourth-order valence-corrected chi connectivity index (χ4v) is 2.81. The molecule has 1 unspecified atom stereocenters. The number of para-hydroxylation sites is 1. The monoisotopic (exact) mass is 261 g/mol. The number of aryl methyl sites for hydroxylation is 1. The largest absolute Gasteiger partial charge is 0.496 e. The molecule has 18 heavy (non-hydrogen) atoms. The molecule has 1 atom stereocenters. The Labute approximate surface area is 113 Å². The summed E-state index contributed by atoms with van der Waals surface area (Å²) in [6.45, 7) is 5.20. The van der Waals surface area contributed by atoms with Gasteiger partial charge in [-0.25, -0.2) is 0 Å². The molecule has 0 saturated heterocycles. The summed E-state index contributed by atoms with van der Waals surface area (Å²) in [5, 5.41) is 3.53. The van der Waals surface area contributed by atoms with E-state index in [0.29, 0.717) is 0 Å². The van der Waals surface area contributed by atoms with Gasteiger partial charge < -0.3 is 10.1 Å². The number of hydrogen-bond donors (Lipinski definition) is 1. The second-order valence-electron chi connectivity index (χ2n) is 4.36. The molecule has 0 aliphatic heterocycles. The van der Waals surface area contributed by atoms with Gasteiger partial charge in [-0.2, -0.15) is 0 Å². The number of rotatable bonds is 5. The molecule has 1 N–H and O–H groups in total. The summed E-state index contributed by atoms with van der Waals surface area (Å²) < 4.78 is 5.39. The maximum atomic E-state index is 5.39. The number of hydrogen-bond acceptors (Lipinski definition) is 3. The molecule has 0 amide bonds. The van der Waals surface area contributed by atoms with E-state index in [2.05, 4.69) is 37.4 Å². The number of methoxy groups -OCH3 is 1. The minimum absolute atomic E-state index is 0.281. The number of benzene rings is 1. The topological polar surface area (TPSA) is 21.3 Å². The van der Waals surface area contributed by atoms with Gasteiger partial charge in [0, 0.05) is 27.9 Å². The smallest absolute Gasteiger partial charge is 0.123 e. The van der Waals surface area contributed by atoms with Gasteiger partial charge in [-0.1, -0.05) is 18.2 Å². The van der Waals surface area contributed by atoms with Gasteiger partial charge in [-0.3, -0.25) is 0 Å². The van der Waals surface area contributed by atoms with E-state index in [1.807, 2.05) is 29.5 Å². The molecule has 0 spiro atoms. The highest BCUT2D eigenvalue weighted by Crippen LogP contribution is 2.25. The normalized spacial score (nSPS) is 12.4. The lowest BCUT2D eigenvalue weighted by molar-refractivity contribution is 0.401. The van der Waals surface area contributed by atoms with Gasteiger partial charge in [-0.05, 0) is 32.0 Å². The Bertz CT molecular complexity index is 507. The lowest BCUT2D eigenvalue weighted by Crippen LogP contribution is -2.18. The minimum Gasteiger partial charge on any atom is -0.496 e. The molecule has 1 aromatic heterocycles. The van der Waals surface area contributed by atoms with Crippen molar-refractivity contribution >= 4 is 11.3 Å². The van der Waals surface area contributed by atoms with E-state index in [1.165, 1.54) is 15.3 Å². The summed E-state index contributed by atoms with van der Waals surface area (Å²) in [7, 11) is 1.72. The van der Waals surface area contributed by atoms with Gasteiger partial charge >= 0.3 is 0 Å². The van der Waals surface area contributed by atoms with E-state index < -0.39 is 0 Å². The average molecular weight is 261 g/mol. The summed E-state index contributed by atoms with van der Waals surface area (Å²) in [6.07, 6.45) is 0. The van der Waals surface area contributed by atoms with Crippen molar-refractivity contribution in [1.82, 2.24) is 5.32 Å². The van der Waals surface area contributed by atoms with Crippen LogP contribution in [0.4, 0.5) is 0 Å². The molecule has 0 saturated carbocycles. The molecule has 0 bridgehead atoms. The van der Waals surface area contributed by atoms with Crippen molar-refractivity contribution in [3.63, 3.8) is 0 Å². The van der Waals surface area contributed by atoms with Crippen molar-refractivity contribution in [3.8, 4) is 5.75 Å². The average Bonchev–Trinajstić information content (AvgIpc) is 2.81. The fraction of sp³-hybridized carbons (Fsp3) is 0.333. The summed E-state index contributed by atoms with van der Waals surface area (Å²) in [5.41, 5.74) is 1.20. The number of thiophene rings is 1. The van der Waals surface area contributed by atoms with E-state index in [0.717, 1.165) is 12.3 Å². The first kappa shape index (κ1) is 13.1.